The number of benzene rings is 1. The molecule has 1 spiro atoms. The first kappa shape index (κ1) is 17.7. The van der Waals surface area contributed by atoms with Gasteiger partial charge in [-0.1, -0.05) is 18.7 Å². The monoisotopic (exact) mass is 331 g/mol. The lowest BCUT2D eigenvalue weighted by atomic mass is 10.2. The van der Waals surface area contributed by atoms with E-state index in [1.165, 1.54) is 6.92 Å². The highest BCUT2D eigenvalue weighted by Gasteiger charge is 2.47. The first-order valence-corrected chi connectivity index (χ1v) is 7.81. The van der Waals surface area contributed by atoms with Crippen LogP contribution in [0, 0.1) is 6.92 Å². The minimum absolute atomic E-state index is 0.0319. The first-order chi connectivity index (χ1) is 11.3. The summed E-state index contributed by atoms with van der Waals surface area (Å²) in [5.74, 6) is -2.28. The van der Waals surface area contributed by atoms with Crippen LogP contribution in [0.2, 0.25) is 0 Å². The van der Waals surface area contributed by atoms with E-state index in [9.17, 15) is 14.4 Å². The number of carbonyl (C=O) groups excluding carboxylic acids is 3. The van der Waals surface area contributed by atoms with Crippen molar-refractivity contribution in [2.24, 2.45) is 0 Å². The Labute approximate surface area is 140 Å². The van der Waals surface area contributed by atoms with Crippen molar-refractivity contribution in [3.8, 4) is 0 Å². The molecule has 1 aliphatic heterocycles. The molecule has 3 rings (SSSR count). The lowest BCUT2D eigenvalue weighted by molar-refractivity contribution is -0.232. The van der Waals surface area contributed by atoms with Crippen LogP contribution in [0.3, 0.4) is 0 Å². The van der Waals surface area contributed by atoms with E-state index in [0.29, 0.717) is 12.8 Å². The maximum Gasteiger partial charge on any atom is 0.348 e. The van der Waals surface area contributed by atoms with Crippen molar-refractivity contribution in [2.75, 3.05) is 5.32 Å². The highest BCUT2D eigenvalue weighted by Crippen LogP contribution is 2.37. The number of hydrogen-bond donors (Lipinski definition) is 1. The van der Waals surface area contributed by atoms with E-state index < -0.39 is 17.7 Å². The van der Waals surface area contributed by atoms with Gasteiger partial charge in [0.2, 0.25) is 5.91 Å². The van der Waals surface area contributed by atoms with Crippen molar-refractivity contribution >= 4 is 23.5 Å². The van der Waals surface area contributed by atoms with E-state index in [1.54, 1.807) is 0 Å². The molecule has 1 aromatic carbocycles. The van der Waals surface area contributed by atoms with Crippen LogP contribution in [0.15, 0.2) is 36.4 Å². The van der Waals surface area contributed by atoms with Gasteiger partial charge in [0.1, 0.15) is 5.57 Å². The van der Waals surface area contributed by atoms with E-state index in [1.807, 2.05) is 31.2 Å². The molecular weight excluding hydrogens is 310 g/mol. The SMILES string of the molecule is C=C1C(=O)OC2(CCCC2)OC1=O.CC(=O)Nc1cccc(C)c1. The number of ether oxygens (including phenoxy) is 2. The van der Waals surface area contributed by atoms with Crippen molar-refractivity contribution in [1.29, 1.82) is 0 Å². The van der Waals surface area contributed by atoms with Gasteiger partial charge in [0, 0.05) is 25.5 Å². The lowest BCUT2D eigenvalue weighted by Gasteiger charge is -2.32. The highest BCUT2D eigenvalue weighted by atomic mass is 16.7. The number of aryl methyl sites for hydroxylation is 1. The molecule has 1 aromatic rings. The molecule has 0 bridgehead atoms. The maximum atomic E-state index is 11.1. The van der Waals surface area contributed by atoms with Gasteiger partial charge in [-0.3, -0.25) is 4.79 Å². The van der Waals surface area contributed by atoms with Crippen molar-refractivity contribution in [1.82, 2.24) is 0 Å². The molecule has 2 fully saturated rings. The molecular formula is C18H21NO5. The summed E-state index contributed by atoms with van der Waals surface area (Å²) in [6, 6.07) is 7.71. The number of esters is 2. The number of rotatable bonds is 1. The van der Waals surface area contributed by atoms with Crippen molar-refractivity contribution < 1.29 is 23.9 Å². The Hall–Kier alpha value is -2.63. The largest absolute Gasteiger partial charge is 0.419 e. The zero-order valence-electron chi connectivity index (χ0n) is 13.9. The van der Waals surface area contributed by atoms with Crippen molar-refractivity contribution in [3.63, 3.8) is 0 Å². The van der Waals surface area contributed by atoms with Gasteiger partial charge in [-0.15, -0.1) is 0 Å². The van der Waals surface area contributed by atoms with E-state index in [4.69, 9.17) is 9.47 Å². The van der Waals surface area contributed by atoms with Crippen LogP contribution in [0.1, 0.15) is 38.2 Å². The van der Waals surface area contributed by atoms with Crippen molar-refractivity contribution in [2.45, 2.75) is 45.3 Å². The molecule has 128 valence electrons. The fraction of sp³-hybridized carbons (Fsp3) is 0.389. The fourth-order valence-electron chi connectivity index (χ4n) is 2.61. The topological polar surface area (TPSA) is 81.7 Å². The van der Waals surface area contributed by atoms with Crippen LogP contribution in [-0.2, 0) is 23.9 Å². The number of nitrogens with one attached hydrogen (secondary N) is 1. The van der Waals surface area contributed by atoms with Crippen LogP contribution in [0.4, 0.5) is 5.69 Å². The molecule has 1 saturated carbocycles. The second-order valence-electron chi connectivity index (χ2n) is 5.93. The number of hydrogen-bond acceptors (Lipinski definition) is 5. The Balaban J connectivity index is 0.000000177. The average Bonchev–Trinajstić information content (AvgIpc) is 2.92. The van der Waals surface area contributed by atoms with E-state index >= 15 is 0 Å². The molecule has 0 atom stereocenters. The summed E-state index contributed by atoms with van der Waals surface area (Å²) >= 11 is 0. The molecule has 24 heavy (non-hydrogen) atoms. The Kier molecular flexibility index (Phi) is 5.39. The normalized spacial score (nSPS) is 18.3. The molecule has 1 heterocycles. The number of amides is 1. The Bertz CT molecular complexity index is 652. The van der Waals surface area contributed by atoms with Crippen LogP contribution < -0.4 is 5.32 Å². The highest BCUT2D eigenvalue weighted by molar-refractivity contribution is 6.14. The van der Waals surface area contributed by atoms with Crippen LogP contribution in [0.5, 0.6) is 0 Å². The average molecular weight is 331 g/mol. The van der Waals surface area contributed by atoms with Gasteiger partial charge in [0.05, 0.1) is 0 Å². The van der Waals surface area contributed by atoms with Gasteiger partial charge in [0.25, 0.3) is 5.79 Å². The Morgan fingerprint density at radius 1 is 1.17 bits per heavy atom. The summed E-state index contributed by atoms with van der Waals surface area (Å²) in [5, 5.41) is 2.71. The van der Waals surface area contributed by atoms with E-state index in [2.05, 4.69) is 11.9 Å². The summed E-state index contributed by atoms with van der Waals surface area (Å²) in [7, 11) is 0. The van der Waals surface area contributed by atoms with Gasteiger partial charge < -0.3 is 14.8 Å². The predicted octanol–water partition coefficient (Wildman–Crippen LogP) is 2.87. The number of carbonyl (C=O) groups is 3. The van der Waals surface area contributed by atoms with Gasteiger partial charge in [-0.25, -0.2) is 9.59 Å². The second-order valence-corrected chi connectivity index (χ2v) is 5.93. The van der Waals surface area contributed by atoms with Crippen LogP contribution in [-0.4, -0.2) is 23.6 Å². The fourth-order valence-corrected chi connectivity index (χ4v) is 2.61. The minimum Gasteiger partial charge on any atom is -0.419 e. The standard InChI is InChI=1S/C9H11NO.C9H10O4/c1-7-4-3-5-9(6-7)10-8(2)11;1-6-7(10)12-9(13-8(6)11)4-2-3-5-9/h3-6H,1-2H3,(H,10,11);1-5H2. The molecule has 1 N–H and O–H groups in total. The Morgan fingerprint density at radius 2 is 1.75 bits per heavy atom. The van der Waals surface area contributed by atoms with Crippen molar-refractivity contribution in [3.05, 3.63) is 42.0 Å². The summed E-state index contributed by atoms with van der Waals surface area (Å²) in [6.07, 6.45) is 3.07. The third-order valence-electron chi connectivity index (χ3n) is 3.75. The first-order valence-electron chi connectivity index (χ1n) is 7.81. The molecule has 1 aliphatic carbocycles. The molecule has 6 nitrogen and oxygen atoms in total. The summed E-state index contributed by atoms with van der Waals surface area (Å²) in [6.45, 7) is 6.78. The maximum absolute atomic E-state index is 11.1. The quantitative estimate of drug-likeness (QED) is 0.486. The molecule has 0 unspecified atom stereocenters. The molecule has 6 heteroatoms. The third kappa shape index (κ3) is 4.44. The molecule has 0 radical (unpaired) electrons. The van der Waals surface area contributed by atoms with Gasteiger partial charge in [0.15, 0.2) is 0 Å². The molecule has 1 saturated heterocycles. The van der Waals surface area contributed by atoms with E-state index in [-0.39, 0.29) is 11.5 Å². The zero-order valence-corrected chi connectivity index (χ0v) is 13.9. The minimum atomic E-state index is -0.963. The summed E-state index contributed by atoms with van der Waals surface area (Å²) in [5.41, 5.74) is 1.80. The summed E-state index contributed by atoms with van der Waals surface area (Å²) in [4.78, 5) is 32.9. The molecule has 1 amide bonds. The smallest absolute Gasteiger partial charge is 0.348 e. The molecule has 0 aromatic heterocycles. The summed E-state index contributed by atoms with van der Waals surface area (Å²) < 4.78 is 10.1. The van der Waals surface area contributed by atoms with E-state index in [0.717, 1.165) is 24.1 Å². The van der Waals surface area contributed by atoms with Crippen LogP contribution in [0.25, 0.3) is 0 Å². The van der Waals surface area contributed by atoms with Gasteiger partial charge in [-0.05, 0) is 37.5 Å². The Morgan fingerprint density at radius 3 is 2.25 bits per heavy atom. The number of anilines is 1. The molecule has 2 aliphatic rings. The second kappa shape index (κ2) is 7.29. The van der Waals surface area contributed by atoms with Gasteiger partial charge in [-0.2, -0.15) is 0 Å². The lowest BCUT2D eigenvalue weighted by Crippen LogP contribution is -2.44. The van der Waals surface area contributed by atoms with Crippen LogP contribution >= 0.6 is 0 Å². The zero-order chi connectivity index (χ0) is 17.7. The predicted molar refractivity (Wildman–Crippen MR) is 88.0 cm³/mol. The van der Waals surface area contributed by atoms with Gasteiger partial charge >= 0.3 is 11.9 Å². The third-order valence-corrected chi connectivity index (χ3v) is 3.75.